The average molecular weight is 383 g/mol. The molecule has 0 atom stereocenters. The van der Waals surface area contributed by atoms with Crippen molar-refractivity contribution in [1.82, 2.24) is 15.1 Å². The number of anilines is 1. The number of aryl methyl sites for hydroxylation is 2. The zero-order valence-electron chi connectivity index (χ0n) is 14.8. The third-order valence-corrected chi connectivity index (χ3v) is 4.55. The Morgan fingerprint density at radius 2 is 1.93 bits per heavy atom. The van der Waals surface area contributed by atoms with Crippen LogP contribution in [0.15, 0.2) is 47.0 Å². The Morgan fingerprint density at radius 1 is 1.07 bits per heavy atom. The average Bonchev–Trinajstić information content (AvgIpc) is 3.06. The monoisotopic (exact) mass is 382 g/mol. The summed E-state index contributed by atoms with van der Waals surface area (Å²) in [5.41, 5.74) is 3.46. The van der Waals surface area contributed by atoms with E-state index in [0.29, 0.717) is 29.1 Å². The van der Waals surface area contributed by atoms with Crippen molar-refractivity contribution in [2.24, 2.45) is 0 Å². The minimum Gasteiger partial charge on any atom is -0.365 e. The number of rotatable bonds is 4. The molecule has 0 saturated heterocycles. The van der Waals surface area contributed by atoms with Crippen LogP contribution in [0.25, 0.3) is 22.3 Å². The molecule has 1 N–H and O–H groups in total. The molecule has 0 amide bonds. The molecule has 5 nitrogen and oxygen atoms in total. The molecule has 4 aromatic rings. The van der Waals surface area contributed by atoms with Crippen LogP contribution in [0.4, 0.5) is 10.2 Å². The lowest BCUT2D eigenvalue weighted by Crippen LogP contribution is -2.05. The highest BCUT2D eigenvalue weighted by Gasteiger charge is 2.15. The van der Waals surface area contributed by atoms with E-state index in [0.717, 1.165) is 27.6 Å². The second-order valence-electron chi connectivity index (χ2n) is 6.31. The molecule has 0 aliphatic heterocycles. The molecule has 0 spiro atoms. The molecule has 0 aliphatic rings. The largest absolute Gasteiger partial charge is 0.365 e. The van der Waals surface area contributed by atoms with Crippen molar-refractivity contribution >= 4 is 28.3 Å². The number of benzene rings is 2. The van der Waals surface area contributed by atoms with E-state index in [2.05, 4.69) is 15.5 Å². The predicted octanol–water partition coefficient (Wildman–Crippen LogP) is 5.31. The Bertz CT molecular complexity index is 1140. The first-order valence-corrected chi connectivity index (χ1v) is 8.77. The molecule has 0 radical (unpaired) electrons. The number of nitrogens with one attached hydrogen (secondary N) is 1. The molecule has 2 aromatic heterocycles. The molecule has 136 valence electrons. The van der Waals surface area contributed by atoms with Crippen LogP contribution in [-0.4, -0.2) is 15.1 Å². The van der Waals surface area contributed by atoms with Crippen LogP contribution >= 0.6 is 11.6 Å². The van der Waals surface area contributed by atoms with Crippen molar-refractivity contribution in [2.45, 2.75) is 20.4 Å². The van der Waals surface area contributed by atoms with Crippen molar-refractivity contribution in [1.29, 1.82) is 0 Å². The highest BCUT2D eigenvalue weighted by atomic mass is 35.5. The molecule has 4 rings (SSSR count). The Labute approximate surface area is 160 Å². The highest BCUT2D eigenvalue weighted by Crippen LogP contribution is 2.29. The van der Waals surface area contributed by atoms with E-state index >= 15 is 0 Å². The summed E-state index contributed by atoms with van der Waals surface area (Å²) in [5.74, 6) is 1.16. The van der Waals surface area contributed by atoms with Gasteiger partial charge in [0.2, 0.25) is 11.7 Å². The van der Waals surface area contributed by atoms with Gasteiger partial charge in [-0.05, 0) is 42.3 Å². The molecule has 0 aliphatic carbocycles. The number of pyridine rings is 1. The maximum atomic E-state index is 13.3. The molecule has 27 heavy (non-hydrogen) atoms. The minimum absolute atomic E-state index is 0.357. The summed E-state index contributed by atoms with van der Waals surface area (Å²) >= 11 is 6.13. The maximum Gasteiger partial charge on any atom is 0.223 e. The van der Waals surface area contributed by atoms with Gasteiger partial charge in [0.25, 0.3) is 0 Å². The molecular formula is C20H16ClFN4O. The van der Waals surface area contributed by atoms with Crippen molar-refractivity contribution < 1.29 is 8.91 Å². The first-order chi connectivity index (χ1) is 13.0. The van der Waals surface area contributed by atoms with Crippen LogP contribution in [0.2, 0.25) is 5.02 Å². The Morgan fingerprint density at radius 3 is 2.67 bits per heavy atom. The lowest BCUT2D eigenvalue weighted by molar-refractivity contribution is 0.394. The van der Waals surface area contributed by atoms with Gasteiger partial charge in [0, 0.05) is 23.9 Å². The highest BCUT2D eigenvalue weighted by molar-refractivity contribution is 6.31. The van der Waals surface area contributed by atoms with E-state index in [1.54, 1.807) is 13.0 Å². The third-order valence-electron chi connectivity index (χ3n) is 4.20. The first-order valence-electron chi connectivity index (χ1n) is 8.39. The fourth-order valence-electron chi connectivity index (χ4n) is 2.83. The molecule has 2 aromatic carbocycles. The summed E-state index contributed by atoms with van der Waals surface area (Å²) in [6.07, 6.45) is 0. The number of hydrogen-bond acceptors (Lipinski definition) is 5. The number of aromatic nitrogens is 3. The molecule has 7 heteroatoms. The van der Waals surface area contributed by atoms with Gasteiger partial charge in [0.1, 0.15) is 11.6 Å². The normalized spacial score (nSPS) is 11.1. The van der Waals surface area contributed by atoms with Gasteiger partial charge in [-0.2, -0.15) is 4.98 Å². The van der Waals surface area contributed by atoms with Crippen LogP contribution < -0.4 is 5.32 Å². The quantitative estimate of drug-likeness (QED) is 0.518. The lowest BCUT2D eigenvalue weighted by Gasteiger charge is -2.12. The molecule has 0 bridgehead atoms. The zero-order chi connectivity index (χ0) is 19.0. The fraction of sp³-hybridized carbons (Fsp3) is 0.150. The SMILES string of the molecule is Cc1ccc2cc(-c3noc(C)n3)c(NCc3ccc(F)cc3Cl)nc2c1. The minimum atomic E-state index is -0.369. The molecule has 0 saturated carbocycles. The summed E-state index contributed by atoms with van der Waals surface area (Å²) in [6.45, 7) is 4.13. The number of nitrogens with zero attached hydrogens (tertiary/aromatic N) is 3. The molecule has 0 unspecified atom stereocenters. The Balaban J connectivity index is 1.76. The van der Waals surface area contributed by atoms with Gasteiger partial charge in [0.15, 0.2) is 0 Å². The summed E-state index contributed by atoms with van der Waals surface area (Å²) in [6, 6.07) is 12.3. The fourth-order valence-corrected chi connectivity index (χ4v) is 3.07. The van der Waals surface area contributed by atoms with Gasteiger partial charge in [-0.3, -0.25) is 0 Å². The maximum absolute atomic E-state index is 13.3. The van der Waals surface area contributed by atoms with Gasteiger partial charge in [-0.1, -0.05) is 35.0 Å². The van der Waals surface area contributed by atoms with E-state index in [1.807, 2.05) is 31.2 Å². The van der Waals surface area contributed by atoms with E-state index < -0.39 is 0 Å². The van der Waals surface area contributed by atoms with Crippen LogP contribution in [0, 0.1) is 19.7 Å². The van der Waals surface area contributed by atoms with E-state index in [-0.39, 0.29) is 5.82 Å². The topological polar surface area (TPSA) is 63.8 Å². The second kappa shape index (κ2) is 6.96. The van der Waals surface area contributed by atoms with E-state index in [1.165, 1.54) is 12.1 Å². The van der Waals surface area contributed by atoms with Gasteiger partial charge in [0.05, 0.1) is 11.1 Å². The standard InChI is InChI=1S/C20H16ClFN4O/c1-11-3-4-13-8-16(20-24-12(2)27-26-20)19(25-18(13)7-11)23-10-14-5-6-15(22)9-17(14)21/h3-9H,10H2,1-2H3,(H,23,25). The van der Waals surface area contributed by atoms with Crippen molar-refractivity contribution in [2.75, 3.05) is 5.32 Å². The predicted molar refractivity (Wildman–Crippen MR) is 103 cm³/mol. The van der Waals surface area contributed by atoms with E-state index in [9.17, 15) is 4.39 Å². The third kappa shape index (κ3) is 3.61. The Hall–Kier alpha value is -2.99. The van der Waals surface area contributed by atoms with Gasteiger partial charge < -0.3 is 9.84 Å². The number of halogens is 2. The molecule has 2 heterocycles. The summed E-state index contributed by atoms with van der Waals surface area (Å²) in [7, 11) is 0. The van der Waals surface area contributed by atoms with Crippen molar-refractivity contribution in [3.05, 3.63) is 70.3 Å². The van der Waals surface area contributed by atoms with Crippen LogP contribution in [0.5, 0.6) is 0 Å². The van der Waals surface area contributed by atoms with Gasteiger partial charge >= 0.3 is 0 Å². The van der Waals surface area contributed by atoms with Crippen molar-refractivity contribution in [3.63, 3.8) is 0 Å². The Kier molecular flexibility index (Phi) is 4.49. The van der Waals surface area contributed by atoms with Gasteiger partial charge in [-0.15, -0.1) is 0 Å². The van der Waals surface area contributed by atoms with E-state index in [4.69, 9.17) is 21.1 Å². The van der Waals surface area contributed by atoms with Gasteiger partial charge in [-0.25, -0.2) is 9.37 Å². The summed E-state index contributed by atoms with van der Waals surface area (Å²) in [4.78, 5) is 9.05. The second-order valence-corrected chi connectivity index (χ2v) is 6.71. The number of hydrogen-bond donors (Lipinski definition) is 1. The number of fused-ring (bicyclic) bond motifs is 1. The smallest absolute Gasteiger partial charge is 0.223 e. The van der Waals surface area contributed by atoms with Crippen LogP contribution in [0.1, 0.15) is 17.0 Å². The lowest BCUT2D eigenvalue weighted by atomic mass is 10.1. The summed E-state index contributed by atoms with van der Waals surface area (Å²) in [5, 5.41) is 8.62. The van der Waals surface area contributed by atoms with Crippen LogP contribution in [-0.2, 0) is 6.54 Å². The molecular weight excluding hydrogens is 367 g/mol. The molecule has 0 fully saturated rings. The van der Waals surface area contributed by atoms with Crippen LogP contribution in [0.3, 0.4) is 0 Å². The zero-order valence-corrected chi connectivity index (χ0v) is 15.5. The first kappa shape index (κ1) is 17.4. The van der Waals surface area contributed by atoms with Crippen molar-refractivity contribution in [3.8, 4) is 11.4 Å². The summed E-state index contributed by atoms with van der Waals surface area (Å²) < 4.78 is 18.4.